The number of halogens is 1. The van der Waals surface area contributed by atoms with Gasteiger partial charge < -0.3 is 4.42 Å². The highest BCUT2D eigenvalue weighted by molar-refractivity contribution is 7.99. The predicted molar refractivity (Wildman–Crippen MR) is 119 cm³/mol. The quantitative estimate of drug-likeness (QED) is 0.260. The number of aromatic nitrogens is 4. The second-order valence-corrected chi connectivity index (χ2v) is 8.94. The fourth-order valence-electron chi connectivity index (χ4n) is 3.14. The SMILES string of the molecule is C[C@@H](Sc1nc2ccccc2c(=O)n1-c1ccccc1F)c1nnc(-c2cccs2)o1. The van der Waals surface area contributed by atoms with Crippen molar-refractivity contribution in [1.29, 1.82) is 0 Å². The van der Waals surface area contributed by atoms with Gasteiger partial charge in [0.2, 0.25) is 5.89 Å². The number of fused-ring (bicyclic) bond motifs is 1. The summed E-state index contributed by atoms with van der Waals surface area (Å²) in [7, 11) is 0. The third kappa shape index (κ3) is 3.66. The van der Waals surface area contributed by atoms with Crippen molar-refractivity contribution in [2.45, 2.75) is 17.3 Å². The summed E-state index contributed by atoms with van der Waals surface area (Å²) in [4.78, 5) is 18.8. The van der Waals surface area contributed by atoms with E-state index < -0.39 is 5.82 Å². The lowest BCUT2D eigenvalue weighted by Crippen LogP contribution is -2.22. The molecule has 0 aliphatic heterocycles. The van der Waals surface area contributed by atoms with Crippen LogP contribution in [0.25, 0.3) is 27.4 Å². The number of hydrogen-bond acceptors (Lipinski definition) is 7. The Labute approximate surface area is 184 Å². The molecule has 0 aliphatic carbocycles. The lowest BCUT2D eigenvalue weighted by Gasteiger charge is -2.15. The normalized spacial score (nSPS) is 12.3. The maximum absolute atomic E-state index is 14.6. The van der Waals surface area contributed by atoms with Crippen molar-refractivity contribution in [2.75, 3.05) is 0 Å². The van der Waals surface area contributed by atoms with Crippen LogP contribution < -0.4 is 5.56 Å². The molecule has 0 bridgehead atoms. The van der Waals surface area contributed by atoms with Crippen LogP contribution in [-0.4, -0.2) is 19.7 Å². The average molecular weight is 451 g/mol. The number of thioether (sulfide) groups is 1. The number of hydrogen-bond donors (Lipinski definition) is 0. The summed E-state index contributed by atoms with van der Waals surface area (Å²) in [6.45, 7) is 1.88. The number of thiophene rings is 1. The van der Waals surface area contributed by atoms with E-state index in [0.29, 0.717) is 27.8 Å². The second-order valence-electron chi connectivity index (χ2n) is 6.69. The Morgan fingerprint density at radius 3 is 2.68 bits per heavy atom. The third-order valence-electron chi connectivity index (χ3n) is 4.64. The van der Waals surface area contributed by atoms with Gasteiger partial charge in [0.1, 0.15) is 5.82 Å². The van der Waals surface area contributed by atoms with Gasteiger partial charge >= 0.3 is 0 Å². The van der Waals surface area contributed by atoms with E-state index in [1.807, 2.05) is 30.5 Å². The Bertz CT molecular complexity index is 1430. The first-order chi connectivity index (χ1) is 15.1. The van der Waals surface area contributed by atoms with Gasteiger partial charge in [-0.1, -0.05) is 42.1 Å². The van der Waals surface area contributed by atoms with Crippen LogP contribution in [0.5, 0.6) is 0 Å². The van der Waals surface area contributed by atoms with Crippen LogP contribution in [0, 0.1) is 5.82 Å². The molecule has 5 aromatic rings. The summed E-state index contributed by atoms with van der Waals surface area (Å²) < 4.78 is 21.7. The van der Waals surface area contributed by atoms with E-state index in [4.69, 9.17) is 4.42 Å². The molecule has 0 N–H and O–H groups in total. The molecule has 0 unspecified atom stereocenters. The van der Waals surface area contributed by atoms with E-state index in [9.17, 15) is 9.18 Å². The molecule has 0 aliphatic rings. The van der Waals surface area contributed by atoms with Crippen molar-refractivity contribution < 1.29 is 8.81 Å². The number of benzene rings is 2. The second kappa shape index (κ2) is 8.09. The molecule has 6 nitrogen and oxygen atoms in total. The summed E-state index contributed by atoms with van der Waals surface area (Å²) in [6.07, 6.45) is 0. The highest BCUT2D eigenvalue weighted by Gasteiger charge is 2.22. The van der Waals surface area contributed by atoms with Crippen molar-refractivity contribution >= 4 is 34.0 Å². The van der Waals surface area contributed by atoms with E-state index in [0.717, 1.165) is 4.88 Å². The molecule has 9 heteroatoms. The Morgan fingerprint density at radius 1 is 1.06 bits per heavy atom. The van der Waals surface area contributed by atoms with E-state index in [2.05, 4.69) is 15.2 Å². The zero-order chi connectivity index (χ0) is 21.4. The highest BCUT2D eigenvalue weighted by Crippen LogP contribution is 2.36. The van der Waals surface area contributed by atoms with E-state index >= 15 is 0 Å². The molecular weight excluding hydrogens is 435 g/mol. The average Bonchev–Trinajstić information content (AvgIpc) is 3.47. The van der Waals surface area contributed by atoms with Crippen LogP contribution in [0.4, 0.5) is 4.39 Å². The summed E-state index contributed by atoms with van der Waals surface area (Å²) >= 11 is 2.77. The topological polar surface area (TPSA) is 73.8 Å². The minimum atomic E-state index is -0.506. The smallest absolute Gasteiger partial charge is 0.266 e. The Morgan fingerprint density at radius 2 is 1.87 bits per heavy atom. The van der Waals surface area contributed by atoms with Gasteiger partial charge in [0.25, 0.3) is 11.4 Å². The number of para-hydroxylation sites is 2. The largest absolute Gasteiger partial charge is 0.419 e. The molecule has 0 spiro atoms. The fourth-order valence-corrected chi connectivity index (χ4v) is 4.74. The number of nitrogens with zero attached hydrogens (tertiary/aromatic N) is 4. The van der Waals surface area contributed by atoms with Gasteiger partial charge in [-0.2, -0.15) is 0 Å². The first-order valence-corrected chi connectivity index (χ1v) is 11.2. The molecule has 31 heavy (non-hydrogen) atoms. The van der Waals surface area contributed by atoms with Crippen LogP contribution in [-0.2, 0) is 0 Å². The van der Waals surface area contributed by atoms with Gasteiger partial charge in [-0.25, -0.2) is 9.37 Å². The van der Waals surface area contributed by atoms with Crippen LogP contribution in [0.3, 0.4) is 0 Å². The Hall–Kier alpha value is -3.30. The van der Waals surface area contributed by atoms with Gasteiger partial charge in [-0.15, -0.1) is 21.5 Å². The van der Waals surface area contributed by atoms with E-state index in [1.54, 1.807) is 36.4 Å². The summed E-state index contributed by atoms with van der Waals surface area (Å²) in [6, 6.07) is 17.0. The monoisotopic (exact) mass is 450 g/mol. The molecule has 0 saturated heterocycles. The number of rotatable bonds is 5. The standard InChI is InChI=1S/C22H15FN4O2S2/c1-13(19-25-26-20(29-19)18-11-6-12-30-18)31-22-24-16-9-4-2-7-14(16)21(28)27(22)17-10-5-3-8-15(17)23/h2-13H,1H3/t13-/m1/s1. The van der Waals surface area contributed by atoms with Crippen LogP contribution >= 0.6 is 23.1 Å². The molecule has 3 aromatic heterocycles. The van der Waals surface area contributed by atoms with Gasteiger partial charge in [0.05, 0.1) is 26.7 Å². The van der Waals surface area contributed by atoms with Crippen molar-refractivity contribution in [1.82, 2.24) is 19.7 Å². The Balaban J connectivity index is 1.60. The molecular formula is C22H15FN4O2S2. The zero-order valence-electron chi connectivity index (χ0n) is 16.2. The summed E-state index contributed by atoms with van der Waals surface area (Å²) in [5.41, 5.74) is 0.347. The highest BCUT2D eigenvalue weighted by atomic mass is 32.2. The molecule has 0 fully saturated rings. The molecule has 3 heterocycles. The fraction of sp³-hybridized carbons (Fsp3) is 0.0909. The van der Waals surface area contributed by atoms with E-state index in [-0.39, 0.29) is 16.5 Å². The minimum Gasteiger partial charge on any atom is -0.419 e. The zero-order valence-corrected chi connectivity index (χ0v) is 17.9. The van der Waals surface area contributed by atoms with Crippen LogP contribution in [0.1, 0.15) is 18.1 Å². The lowest BCUT2D eigenvalue weighted by molar-refractivity contribution is 0.509. The first kappa shape index (κ1) is 19.7. The van der Waals surface area contributed by atoms with Crippen molar-refractivity contribution in [3.8, 4) is 16.5 Å². The molecule has 0 saturated carbocycles. The van der Waals surface area contributed by atoms with Gasteiger partial charge in [0.15, 0.2) is 5.16 Å². The van der Waals surface area contributed by atoms with Crippen molar-refractivity contribution in [3.05, 3.63) is 88.1 Å². The summed E-state index contributed by atoms with van der Waals surface area (Å²) in [5.74, 6) is 0.334. The molecule has 2 aromatic carbocycles. The molecule has 1 atom stereocenters. The maximum Gasteiger partial charge on any atom is 0.266 e. The van der Waals surface area contributed by atoms with Crippen LogP contribution in [0.2, 0.25) is 0 Å². The Kier molecular flexibility index (Phi) is 5.13. The molecule has 0 radical (unpaired) electrons. The van der Waals surface area contributed by atoms with Crippen LogP contribution in [0.15, 0.2) is 80.4 Å². The first-order valence-electron chi connectivity index (χ1n) is 9.42. The predicted octanol–water partition coefficient (Wildman–Crippen LogP) is 5.49. The van der Waals surface area contributed by atoms with Gasteiger partial charge in [-0.05, 0) is 42.6 Å². The van der Waals surface area contributed by atoms with Gasteiger partial charge in [0, 0.05) is 0 Å². The minimum absolute atomic E-state index is 0.144. The molecule has 5 rings (SSSR count). The van der Waals surface area contributed by atoms with Crippen molar-refractivity contribution in [3.63, 3.8) is 0 Å². The summed E-state index contributed by atoms with van der Waals surface area (Å²) in [5, 5.41) is 10.7. The molecule has 0 amide bonds. The lowest BCUT2D eigenvalue weighted by atomic mass is 10.2. The van der Waals surface area contributed by atoms with Crippen molar-refractivity contribution in [2.24, 2.45) is 0 Å². The maximum atomic E-state index is 14.6. The van der Waals surface area contributed by atoms with E-state index in [1.165, 1.54) is 33.7 Å². The molecule has 154 valence electrons. The van der Waals surface area contributed by atoms with Gasteiger partial charge in [-0.3, -0.25) is 9.36 Å². The third-order valence-corrected chi connectivity index (χ3v) is 6.54.